The van der Waals surface area contributed by atoms with Crippen LogP contribution < -0.4 is 5.73 Å². The minimum atomic E-state index is 0.508. The van der Waals surface area contributed by atoms with E-state index in [1.165, 1.54) is 0 Å². The van der Waals surface area contributed by atoms with Crippen LogP contribution in [0.5, 0.6) is 0 Å². The van der Waals surface area contributed by atoms with E-state index in [9.17, 15) is 0 Å². The summed E-state index contributed by atoms with van der Waals surface area (Å²) in [5.41, 5.74) is 6.25. The third kappa shape index (κ3) is 3.36. The highest BCUT2D eigenvalue weighted by atomic mass is 32.1. The number of nitrogens with zero attached hydrogens (tertiary/aromatic N) is 3. The Morgan fingerprint density at radius 3 is 2.89 bits per heavy atom. The van der Waals surface area contributed by atoms with Crippen molar-refractivity contribution in [1.82, 2.24) is 15.1 Å². The Kier molecular flexibility index (Phi) is 4.43. The molecule has 5 nitrogen and oxygen atoms in total. The lowest BCUT2D eigenvalue weighted by Crippen LogP contribution is -2.01. The SMILES string of the molecule is CC(C)CCc1noc(-c2csc(CCN)n2)n1. The van der Waals surface area contributed by atoms with E-state index in [-0.39, 0.29) is 0 Å². The van der Waals surface area contributed by atoms with E-state index in [1.54, 1.807) is 11.3 Å². The molecule has 2 aromatic heterocycles. The largest absolute Gasteiger partial charge is 0.332 e. The zero-order valence-corrected chi connectivity index (χ0v) is 11.5. The lowest BCUT2D eigenvalue weighted by molar-refractivity contribution is 0.418. The first-order chi connectivity index (χ1) is 8.69. The molecule has 6 heteroatoms. The lowest BCUT2D eigenvalue weighted by Gasteiger charge is -1.98. The fourth-order valence-electron chi connectivity index (χ4n) is 1.52. The molecule has 0 amide bonds. The van der Waals surface area contributed by atoms with Crippen LogP contribution in [0.15, 0.2) is 9.90 Å². The molecule has 0 saturated heterocycles. The molecule has 2 rings (SSSR count). The number of nitrogens with two attached hydrogens (primary N) is 1. The van der Waals surface area contributed by atoms with Crippen LogP contribution in [0.1, 0.15) is 31.1 Å². The lowest BCUT2D eigenvalue weighted by atomic mass is 10.1. The van der Waals surface area contributed by atoms with Crippen molar-refractivity contribution in [3.8, 4) is 11.6 Å². The Hall–Kier alpha value is -1.27. The molecule has 0 aromatic carbocycles. The second-order valence-corrected chi connectivity index (χ2v) is 5.56. The van der Waals surface area contributed by atoms with Gasteiger partial charge in [0.2, 0.25) is 0 Å². The van der Waals surface area contributed by atoms with Crippen molar-refractivity contribution >= 4 is 11.3 Å². The van der Waals surface area contributed by atoms with Gasteiger partial charge in [0, 0.05) is 18.2 Å². The van der Waals surface area contributed by atoms with Gasteiger partial charge in [0.15, 0.2) is 5.82 Å². The third-order valence-corrected chi connectivity index (χ3v) is 3.45. The fourth-order valence-corrected chi connectivity index (χ4v) is 2.31. The Morgan fingerprint density at radius 1 is 1.33 bits per heavy atom. The van der Waals surface area contributed by atoms with Crippen molar-refractivity contribution in [2.24, 2.45) is 11.7 Å². The first kappa shape index (κ1) is 13.2. The molecule has 2 heterocycles. The van der Waals surface area contributed by atoms with Gasteiger partial charge in [-0.15, -0.1) is 11.3 Å². The molecule has 0 spiro atoms. The minimum absolute atomic E-state index is 0.508. The highest BCUT2D eigenvalue weighted by molar-refractivity contribution is 7.09. The highest BCUT2D eigenvalue weighted by Crippen LogP contribution is 2.20. The molecule has 0 fully saturated rings. The summed E-state index contributed by atoms with van der Waals surface area (Å²) in [5.74, 6) is 1.91. The van der Waals surface area contributed by atoms with Crippen LogP contribution in [-0.4, -0.2) is 21.7 Å². The maximum Gasteiger partial charge on any atom is 0.277 e. The van der Waals surface area contributed by atoms with Crippen LogP contribution >= 0.6 is 11.3 Å². The number of rotatable bonds is 6. The first-order valence-corrected chi connectivity index (χ1v) is 7.04. The van der Waals surface area contributed by atoms with E-state index >= 15 is 0 Å². The summed E-state index contributed by atoms with van der Waals surface area (Å²) < 4.78 is 5.23. The van der Waals surface area contributed by atoms with Gasteiger partial charge >= 0.3 is 0 Å². The molecular weight excluding hydrogens is 248 g/mol. The zero-order chi connectivity index (χ0) is 13.0. The van der Waals surface area contributed by atoms with Crippen LogP contribution in [0, 0.1) is 5.92 Å². The number of aryl methyl sites for hydroxylation is 1. The van der Waals surface area contributed by atoms with E-state index < -0.39 is 0 Å². The van der Waals surface area contributed by atoms with Gasteiger partial charge in [0.25, 0.3) is 5.89 Å². The Labute approximate surface area is 110 Å². The topological polar surface area (TPSA) is 77.8 Å². The normalized spacial score (nSPS) is 11.3. The molecule has 0 radical (unpaired) electrons. The van der Waals surface area contributed by atoms with Crippen molar-refractivity contribution < 1.29 is 4.52 Å². The van der Waals surface area contributed by atoms with E-state index in [2.05, 4.69) is 29.0 Å². The van der Waals surface area contributed by atoms with Crippen molar-refractivity contribution in [1.29, 1.82) is 0 Å². The van der Waals surface area contributed by atoms with Crippen LogP contribution in [0.2, 0.25) is 0 Å². The smallest absolute Gasteiger partial charge is 0.277 e. The van der Waals surface area contributed by atoms with Gasteiger partial charge in [-0.2, -0.15) is 4.98 Å². The Balaban J connectivity index is 2.04. The number of thiazole rings is 1. The molecule has 2 aromatic rings. The molecule has 0 aliphatic heterocycles. The number of hydrogen-bond donors (Lipinski definition) is 1. The standard InChI is InChI=1S/C12H18N4OS/c1-8(2)3-4-10-15-12(17-16-10)9-7-18-11(14-9)5-6-13/h7-8H,3-6,13H2,1-2H3. The summed E-state index contributed by atoms with van der Waals surface area (Å²) in [6.07, 6.45) is 2.70. The van der Waals surface area contributed by atoms with Gasteiger partial charge in [-0.3, -0.25) is 0 Å². The maximum atomic E-state index is 5.50. The van der Waals surface area contributed by atoms with Gasteiger partial charge in [0.05, 0.1) is 5.01 Å². The fraction of sp³-hybridized carbons (Fsp3) is 0.583. The van der Waals surface area contributed by atoms with Crippen molar-refractivity contribution in [3.05, 3.63) is 16.2 Å². The van der Waals surface area contributed by atoms with Gasteiger partial charge in [-0.25, -0.2) is 4.98 Å². The first-order valence-electron chi connectivity index (χ1n) is 6.16. The molecule has 18 heavy (non-hydrogen) atoms. The number of hydrogen-bond acceptors (Lipinski definition) is 6. The quantitative estimate of drug-likeness (QED) is 0.867. The van der Waals surface area contributed by atoms with E-state index in [4.69, 9.17) is 10.3 Å². The molecule has 98 valence electrons. The summed E-state index contributed by atoms with van der Waals surface area (Å²) in [7, 11) is 0. The number of aromatic nitrogens is 3. The minimum Gasteiger partial charge on any atom is -0.332 e. The van der Waals surface area contributed by atoms with Crippen molar-refractivity contribution in [3.63, 3.8) is 0 Å². The van der Waals surface area contributed by atoms with E-state index in [1.807, 2.05) is 5.38 Å². The van der Waals surface area contributed by atoms with E-state index in [0.29, 0.717) is 18.4 Å². The van der Waals surface area contributed by atoms with Crippen LogP contribution in [0.4, 0.5) is 0 Å². The predicted octanol–water partition coefficient (Wildman–Crippen LogP) is 2.28. The van der Waals surface area contributed by atoms with Gasteiger partial charge in [0.1, 0.15) is 5.69 Å². The summed E-state index contributed by atoms with van der Waals surface area (Å²) >= 11 is 1.58. The molecule has 2 N–H and O–H groups in total. The van der Waals surface area contributed by atoms with Crippen LogP contribution in [-0.2, 0) is 12.8 Å². The van der Waals surface area contributed by atoms with Gasteiger partial charge in [-0.1, -0.05) is 19.0 Å². The Morgan fingerprint density at radius 2 is 2.17 bits per heavy atom. The van der Waals surface area contributed by atoms with Crippen LogP contribution in [0.3, 0.4) is 0 Å². The molecular formula is C12H18N4OS. The summed E-state index contributed by atoms with van der Waals surface area (Å²) in [4.78, 5) is 8.78. The maximum absolute atomic E-state index is 5.50. The van der Waals surface area contributed by atoms with Crippen molar-refractivity contribution in [2.45, 2.75) is 33.1 Å². The van der Waals surface area contributed by atoms with E-state index in [0.717, 1.165) is 35.8 Å². The third-order valence-electron chi connectivity index (χ3n) is 2.54. The molecule has 0 unspecified atom stereocenters. The Bertz CT molecular complexity index is 492. The van der Waals surface area contributed by atoms with Crippen molar-refractivity contribution in [2.75, 3.05) is 6.54 Å². The average molecular weight is 266 g/mol. The summed E-state index contributed by atoms with van der Waals surface area (Å²) in [6, 6.07) is 0. The summed E-state index contributed by atoms with van der Waals surface area (Å²) in [5, 5.41) is 6.92. The van der Waals surface area contributed by atoms with Gasteiger partial charge in [-0.05, 0) is 18.9 Å². The monoisotopic (exact) mass is 266 g/mol. The second kappa shape index (κ2) is 6.06. The molecule has 0 aliphatic rings. The zero-order valence-electron chi connectivity index (χ0n) is 10.7. The molecule has 0 bridgehead atoms. The molecule has 0 saturated carbocycles. The second-order valence-electron chi connectivity index (χ2n) is 4.61. The highest BCUT2D eigenvalue weighted by Gasteiger charge is 2.12. The molecule has 0 aliphatic carbocycles. The summed E-state index contributed by atoms with van der Waals surface area (Å²) in [6.45, 7) is 4.97. The van der Waals surface area contributed by atoms with Gasteiger partial charge < -0.3 is 10.3 Å². The average Bonchev–Trinajstić information content (AvgIpc) is 2.94. The van der Waals surface area contributed by atoms with Crippen LogP contribution in [0.25, 0.3) is 11.6 Å². The predicted molar refractivity (Wildman–Crippen MR) is 71.3 cm³/mol. The molecule has 0 atom stereocenters.